The van der Waals surface area contributed by atoms with Crippen molar-refractivity contribution in [3.63, 3.8) is 0 Å². The van der Waals surface area contributed by atoms with Gasteiger partial charge in [-0.25, -0.2) is 0 Å². The highest BCUT2D eigenvalue weighted by Gasteiger charge is 2.11. The van der Waals surface area contributed by atoms with Gasteiger partial charge in [0.05, 0.1) is 10.6 Å². The topological polar surface area (TPSA) is 59.1 Å². The van der Waals surface area contributed by atoms with Crippen LogP contribution in [0.4, 0.5) is 0 Å². The first-order valence-electron chi connectivity index (χ1n) is 5.95. The number of halogens is 1. The van der Waals surface area contributed by atoms with Crippen molar-refractivity contribution in [2.75, 3.05) is 0 Å². The van der Waals surface area contributed by atoms with Gasteiger partial charge in [-0.05, 0) is 30.7 Å². The largest absolute Gasteiger partial charge is 0.487 e. The van der Waals surface area contributed by atoms with Crippen molar-refractivity contribution in [2.24, 2.45) is 5.73 Å². The Morgan fingerprint density at radius 2 is 2.05 bits per heavy atom. The Balaban J connectivity index is 2.15. The molecule has 2 aromatic rings. The van der Waals surface area contributed by atoms with E-state index in [1.54, 1.807) is 29.5 Å². The Morgan fingerprint density at radius 1 is 1.32 bits per heavy atom. The van der Waals surface area contributed by atoms with Gasteiger partial charge in [-0.2, -0.15) is 0 Å². The highest BCUT2D eigenvalue weighted by Crippen LogP contribution is 2.27. The first-order valence-corrected chi connectivity index (χ1v) is 7.14. The van der Waals surface area contributed by atoms with Crippen LogP contribution >= 0.6 is 22.9 Å². The second kappa shape index (κ2) is 6.08. The lowest BCUT2D eigenvalue weighted by molar-refractivity contribution is 0.309. The predicted octanol–water partition coefficient (Wildman–Crippen LogP) is 3.83. The molecule has 1 aromatic carbocycles. The van der Waals surface area contributed by atoms with Gasteiger partial charge in [0, 0.05) is 9.75 Å². The molecule has 19 heavy (non-hydrogen) atoms. The molecule has 0 aliphatic heterocycles. The summed E-state index contributed by atoms with van der Waals surface area (Å²) < 4.78 is 5.73. The van der Waals surface area contributed by atoms with Crippen molar-refractivity contribution >= 4 is 28.8 Å². The Bertz CT molecular complexity index is 595. The van der Waals surface area contributed by atoms with Crippen LogP contribution in [0.15, 0.2) is 30.3 Å². The number of thiophene rings is 1. The second-order valence-electron chi connectivity index (χ2n) is 4.04. The van der Waals surface area contributed by atoms with Gasteiger partial charge in [-0.3, -0.25) is 5.41 Å². The lowest BCUT2D eigenvalue weighted by atomic mass is 10.2. The minimum atomic E-state index is -0.0824. The van der Waals surface area contributed by atoms with E-state index < -0.39 is 0 Å². The number of hydrogen-bond donors (Lipinski definition) is 2. The lowest BCUT2D eigenvalue weighted by Gasteiger charge is -2.11. The third-order valence-corrected chi connectivity index (χ3v) is 4.20. The maximum absolute atomic E-state index is 7.55. The molecule has 3 N–H and O–H groups in total. The van der Waals surface area contributed by atoms with Crippen molar-refractivity contribution < 1.29 is 4.74 Å². The van der Waals surface area contributed by atoms with E-state index in [1.807, 2.05) is 0 Å². The number of nitrogens with one attached hydrogen (secondary N) is 1. The molecule has 3 nitrogen and oxygen atoms in total. The molecule has 5 heteroatoms. The van der Waals surface area contributed by atoms with Gasteiger partial charge in [-0.1, -0.05) is 24.6 Å². The molecule has 0 atom stereocenters. The SMILES string of the molecule is CCc1ccc(COc2cccc(Cl)c2C(=N)N)s1. The fraction of sp³-hybridized carbons (Fsp3) is 0.214. The van der Waals surface area contributed by atoms with Crippen molar-refractivity contribution in [1.29, 1.82) is 5.41 Å². The first-order chi connectivity index (χ1) is 9.11. The fourth-order valence-electron chi connectivity index (χ4n) is 1.72. The van der Waals surface area contributed by atoms with Crippen LogP contribution in [0.1, 0.15) is 22.2 Å². The van der Waals surface area contributed by atoms with Gasteiger partial charge in [-0.15, -0.1) is 11.3 Å². The Hall–Kier alpha value is -1.52. The van der Waals surface area contributed by atoms with Crippen LogP contribution in [0.2, 0.25) is 5.02 Å². The average molecular weight is 295 g/mol. The summed E-state index contributed by atoms with van der Waals surface area (Å²) in [4.78, 5) is 2.47. The molecule has 1 heterocycles. The summed E-state index contributed by atoms with van der Waals surface area (Å²) in [5, 5.41) is 7.99. The number of nitrogen functional groups attached to an aromatic ring is 1. The highest BCUT2D eigenvalue weighted by molar-refractivity contribution is 7.11. The molecule has 0 fully saturated rings. The molecular weight excluding hydrogens is 280 g/mol. The number of ether oxygens (including phenoxy) is 1. The Morgan fingerprint density at radius 3 is 2.68 bits per heavy atom. The van der Waals surface area contributed by atoms with Crippen LogP contribution < -0.4 is 10.5 Å². The Kier molecular flexibility index (Phi) is 4.45. The molecule has 1 aromatic heterocycles. The molecule has 2 rings (SSSR count). The average Bonchev–Trinajstić information content (AvgIpc) is 2.83. The molecule has 0 unspecified atom stereocenters. The van der Waals surface area contributed by atoms with Crippen molar-refractivity contribution in [3.05, 3.63) is 50.7 Å². The summed E-state index contributed by atoms with van der Waals surface area (Å²) in [6.07, 6.45) is 1.03. The summed E-state index contributed by atoms with van der Waals surface area (Å²) in [5.74, 6) is 0.465. The normalized spacial score (nSPS) is 10.4. The molecule has 100 valence electrons. The van der Waals surface area contributed by atoms with Gasteiger partial charge in [0.1, 0.15) is 18.2 Å². The smallest absolute Gasteiger partial charge is 0.132 e. The third kappa shape index (κ3) is 3.28. The van der Waals surface area contributed by atoms with E-state index in [2.05, 4.69) is 19.1 Å². The summed E-state index contributed by atoms with van der Waals surface area (Å²) in [6.45, 7) is 2.59. The van der Waals surface area contributed by atoms with Crippen LogP contribution in [-0.4, -0.2) is 5.84 Å². The summed E-state index contributed by atoms with van der Waals surface area (Å²) in [6, 6.07) is 9.42. The highest BCUT2D eigenvalue weighted by atomic mass is 35.5. The van der Waals surface area contributed by atoms with E-state index in [0.717, 1.165) is 11.3 Å². The summed E-state index contributed by atoms with van der Waals surface area (Å²) >= 11 is 7.76. The molecule has 0 amide bonds. The van der Waals surface area contributed by atoms with Gasteiger partial charge in [0.15, 0.2) is 0 Å². The number of rotatable bonds is 5. The lowest BCUT2D eigenvalue weighted by Crippen LogP contribution is -2.13. The van der Waals surface area contributed by atoms with E-state index >= 15 is 0 Å². The van der Waals surface area contributed by atoms with Gasteiger partial charge in [0.2, 0.25) is 0 Å². The van der Waals surface area contributed by atoms with Gasteiger partial charge in [0.25, 0.3) is 0 Å². The first kappa shape index (κ1) is 13.9. The van der Waals surface area contributed by atoms with Gasteiger partial charge < -0.3 is 10.5 Å². The number of benzene rings is 1. The van der Waals surface area contributed by atoms with E-state index in [-0.39, 0.29) is 5.84 Å². The van der Waals surface area contributed by atoms with Crippen LogP contribution in [0.5, 0.6) is 5.75 Å². The van der Waals surface area contributed by atoms with Crippen LogP contribution in [0.3, 0.4) is 0 Å². The molecule has 0 saturated heterocycles. The number of amidine groups is 1. The molecule has 0 bridgehead atoms. The third-order valence-electron chi connectivity index (χ3n) is 2.68. The van der Waals surface area contributed by atoms with Crippen LogP contribution in [0.25, 0.3) is 0 Å². The standard InChI is InChI=1S/C14H15ClN2OS/c1-2-9-6-7-10(19-9)8-18-12-5-3-4-11(15)13(12)14(16)17/h3-7H,2,8H2,1H3,(H3,16,17). The molecule has 0 saturated carbocycles. The van der Waals surface area contributed by atoms with E-state index in [0.29, 0.717) is 22.9 Å². The fourth-order valence-corrected chi connectivity index (χ4v) is 2.86. The monoisotopic (exact) mass is 294 g/mol. The summed E-state index contributed by atoms with van der Waals surface area (Å²) in [5.41, 5.74) is 5.99. The maximum Gasteiger partial charge on any atom is 0.132 e. The minimum Gasteiger partial charge on any atom is -0.487 e. The molecular formula is C14H15ClN2OS. The zero-order chi connectivity index (χ0) is 13.8. The molecule has 0 spiro atoms. The van der Waals surface area contributed by atoms with Crippen LogP contribution in [0, 0.1) is 5.41 Å². The van der Waals surface area contributed by atoms with Crippen molar-refractivity contribution in [2.45, 2.75) is 20.0 Å². The predicted molar refractivity (Wildman–Crippen MR) is 80.5 cm³/mol. The minimum absolute atomic E-state index is 0.0824. The van der Waals surface area contributed by atoms with Crippen molar-refractivity contribution in [1.82, 2.24) is 0 Å². The zero-order valence-corrected chi connectivity index (χ0v) is 12.1. The summed E-state index contributed by atoms with van der Waals surface area (Å²) in [7, 11) is 0. The number of nitrogens with two attached hydrogens (primary N) is 1. The molecule has 0 aliphatic rings. The number of hydrogen-bond acceptors (Lipinski definition) is 3. The second-order valence-corrected chi connectivity index (χ2v) is 5.70. The quantitative estimate of drug-likeness (QED) is 0.650. The van der Waals surface area contributed by atoms with Gasteiger partial charge >= 0.3 is 0 Å². The molecule has 0 aliphatic carbocycles. The van der Waals surface area contributed by atoms with Crippen molar-refractivity contribution in [3.8, 4) is 5.75 Å². The Labute approximate surface area is 121 Å². The maximum atomic E-state index is 7.55. The van der Waals surface area contributed by atoms with E-state index in [1.165, 1.54) is 4.88 Å². The number of aryl methyl sites for hydroxylation is 1. The molecule has 0 radical (unpaired) electrons. The van der Waals surface area contributed by atoms with E-state index in [4.69, 9.17) is 27.5 Å². The van der Waals surface area contributed by atoms with E-state index in [9.17, 15) is 0 Å². The zero-order valence-electron chi connectivity index (χ0n) is 10.6. The van der Waals surface area contributed by atoms with Crippen LogP contribution in [-0.2, 0) is 13.0 Å².